The quantitative estimate of drug-likeness (QED) is 0.0197. The van der Waals surface area contributed by atoms with Crippen molar-refractivity contribution in [1.29, 1.82) is 0 Å². The van der Waals surface area contributed by atoms with Crippen LogP contribution in [0.3, 0.4) is 0 Å². The molecule has 6 N–H and O–H groups in total. The molecule has 0 radical (unpaired) electrons. The van der Waals surface area contributed by atoms with Gasteiger partial charge >= 0.3 is 47.6 Å². The third kappa shape index (κ3) is 14.0. The molecule has 2 aliphatic heterocycles. The number of ether oxygens (including phenoxy) is 9. The van der Waals surface area contributed by atoms with Gasteiger partial charge in [-0.3, -0.25) is 29.1 Å². The van der Waals surface area contributed by atoms with E-state index in [1.807, 2.05) is 0 Å². The van der Waals surface area contributed by atoms with Crippen molar-refractivity contribution in [2.75, 3.05) is 49.9 Å². The van der Waals surface area contributed by atoms with Crippen molar-refractivity contribution in [2.45, 2.75) is 133 Å². The monoisotopic (exact) mass is 1340 g/mol. The van der Waals surface area contributed by atoms with Crippen LogP contribution in [0.5, 0.6) is 0 Å². The summed E-state index contributed by atoms with van der Waals surface area (Å²) in [6.07, 6.45) is -17.8. The lowest BCUT2D eigenvalue weighted by atomic mass is 9.44. The van der Waals surface area contributed by atoms with Gasteiger partial charge in [-0.25, -0.2) is 24.0 Å². The molecule has 2 amide bonds. The fraction of sp³-hybridized carbons (Fsp3) is 0.492. The van der Waals surface area contributed by atoms with E-state index in [1.54, 1.807) is 66.7 Å². The summed E-state index contributed by atoms with van der Waals surface area (Å²) in [7, 11) is 2.49. The number of amides is 2. The fourth-order valence-electron chi connectivity index (χ4n) is 12.9. The molecular weight excluding hydrogens is 1270 g/mol. The number of nitrogens with one attached hydrogen (secondary N) is 2. The minimum absolute atomic E-state index is 0.000940. The van der Waals surface area contributed by atoms with Crippen molar-refractivity contribution < 1.29 is 110 Å². The highest BCUT2D eigenvalue weighted by atomic mass is 33.1. The summed E-state index contributed by atoms with van der Waals surface area (Å²) in [5.41, 5.74) is -9.27. The number of halogens is 2. The lowest BCUT2D eigenvalue weighted by Crippen LogP contribution is -2.82. The summed E-state index contributed by atoms with van der Waals surface area (Å²) in [6, 6.07) is 23.0. The Labute approximate surface area is 538 Å². The topological polar surface area (TPSA) is 360 Å². The largest absolute Gasteiger partial charge is 0.455 e. The van der Waals surface area contributed by atoms with Gasteiger partial charge in [0.2, 0.25) is 12.3 Å². The summed E-state index contributed by atoms with van der Waals surface area (Å²) in [4.78, 5) is 129. The van der Waals surface area contributed by atoms with Crippen LogP contribution in [0.25, 0.3) is 0 Å². The molecule has 93 heavy (non-hydrogen) atoms. The first-order valence-electron chi connectivity index (χ1n) is 29.5. The minimum Gasteiger partial charge on any atom is -0.455 e. The van der Waals surface area contributed by atoms with Crippen molar-refractivity contribution in [2.24, 2.45) is 16.7 Å². The number of anilines is 1. The Hall–Kier alpha value is -7.68. The molecule has 5 aliphatic rings. The van der Waals surface area contributed by atoms with E-state index in [1.165, 1.54) is 73.5 Å². The molecular formula is C63H70F2N4O22S2. The van der Waals surface area contributed by atoms with Crippen molar-refractivity contribution in [3.05, 3.63) is 142 Å². The number of carbonyl (C=O) groups excluding carboxylic acids is 8. The number of nitrogens with zero attached hydrogens (tertiary/aromatic N) is 2. The number of hydrogen-bond donors (Lipinski definition) is 6. The smallest absolute Gasteiger partial charge is 0.412 e. The third-order valence-electron chi connectivity index (χ3n) is 17.6. The van der Waals surface area contributed by atoms with E-state index in [0.29, 0.717) is 4.57 Å². The molecule has 4 fully saturated rings. The second-order valence-corrected chi connectivity index (χ2v) is 26.3. The van der Waals surface area contributed by atoms with E-state index in [0.717, 1.165) is 26.1 Å². The van der Waals surface area contributed by atoms with E-state index in [9.17, 15) is 62.8 Å². The highest BCUT2D eigenvalue weighted by Gasteiger charge is 2.78. The van der Waals surface area contributed by atoms with Crippen LogP contribution in [-0.4, -0.2) is 188 Å². The summed E-state index contributed by atoms with van der Waals surface area (Å²) >= 11 is 0. The molecule has 14 atom stereocenters. The zero-order valence-electron chi connectivity index (χ0n) is 51.1. The van der Waals surface area contributed by atoms with Gasteiger partial charge in [-0.15, -0.1) is 0 Å². The number of rotatable bonds is 23. The minimum atomic E-state index is -3.95. The molecule has 2 saturated carbocycles. The lowest BCUT2D eigenvalue weighted by molar-refractivity contribution is -0.346. The van der Waals surface area contributed by atoms with Gasteiger partial charge in [0.15, 0.2) is 23.6 Å². The molecule has 4 aromatic rings. The highest BCUT2D eigenvalue weighted by Crippen LogP contribution is 2.64. The maximum Gasteiger partial charge on any atom is 0.412 e. The number of Topliss-reactive ketones (excluding diaryl/α,β-unsaturated/α-hetero) is 1. The van der Waals surface area contributed by atoms with E-state index >= 15 is 9.59 Å². The van der Waals surface area contributed by atoms with Crippen LogP contribution >= 0.6 is 21.6 Å². The number of benzene rings is 3. The van der Waals surface area contributed by atoms with Crippen molar-refractivity contribution >= 4 is 75.0 Å². The molecule has 3 heterocycles. The average molecular weight is 1340 g/mol. The van der Waals surface area contributed by atoms with Crippen LogP contribution in [0.4, 0.5) is 19.4 Å². The van der Waals surface area contributed by atoms with Crippen LogP contribution in [0.1, 0.15) is 92.9 Å². The Balaban J connectivity index is 0.945. The number of alkyl halides is 2. The van der Waals surface area contributed by atoms with E-state index in [-0.39, 0.29) is 64.8 Å². The predicted octanol–water partition coefficient (Wildman–Crippen LogP) is 4.38. The van der Waals surface area contributed by atoms with Crippen LogP contribution in [-0.2, 0) is 66.6 Å². The normalized spacial score (nSPS) is 28.8. The number of ketones is 1. The number of carbonyl (C=O) groups is 8. The van der Waals surface area contributed by atoms with Gasteiger partial charge in [-0.1, -0.05) is 102 Å². The van der Waals surface area contributed by atoms with Crippen molar-refractivity contribution in [3.63, 3.8) is 0 Å². The average Bonchev–Trinajstić information content (AvgIpc) is 1.02. The van der Waals surface area contributed by atoms with Gasteiger partial charge < -0.3 is 68.4 Å². The SMILES string of the molecule is CC(=O)O[C@H]1C(=O)[C@@]2(C)[C@H]([C@H](OC(=O)c3ccccc3)[C@]3(O)C[C@H](OC(=O)[C@H](OC(=O)COCCSSCCOC(=O)Nc4ccn(C5OC(CO)C(O)C5(F)F)c(=O)n4)[C@@H](NC(=O)c4ccccc4)c4ccccc4)C(C)=C1C3(C)C)[C@]1(OC(C)=O)CO[C@@H]1C[C@@H]2O. The van der Waals surface area contributed by atoms with E-state index in [4.69, 9.17) is 42.6 Å². The highest BCUT2D eigenvalue weighted by molar-refractivity contribution is 8.76. The number of esters is 5. The maximum absolute atomic E-state index is 15.9. The van der Waals surface area contributed by atoms with Gasteiger partial charge in [-0.05, 0) is 60.9 Å². The second-order valence-electron chi connectivity index (χ2n) is 23.6. The second kappa shape index (κ2) is 28.5. The third-order valence-corrected chi connectivity index (χ3v) is 19.9. The van der Waals surface area contributed by atoms with Crippen LogP contribution in [0, 0.1) is 16.7 Å². The first-order chi connectivity index (χ1) is 44.1. The fourth-order valence-corrected chi connectivity index (χ4v) is 14.6. The summed E-state index contributed by atoms with van der Waals surface area (Å²) in [5, 5.41) is 50.4. The van der Waals surface area contributed by atoms with E-state index < -0.39 is 175 Å². The summed E-state index contributed by atoms with van der Waals surface area (Å²) < 4.78 is 82.2. The van der Waals surface area contributed by atoms with E-state index in [2.05, 4.69) is 15.6 Å². The Morgan fingerprint density at radius 3 is 2.06 bits per heavy atom. The Bertz CT molecular complexity index is 3550. The first kappa shape index (κ1) is 69.7. The molecule has 30 heteroatoms. The van der Waals surface area contributed by atoms with Gasteiger partial charge in [-0.2, -0.15) is 13.8 Å². The van der Waals surface area contributed by atoms with Crippen LogP contribution in [0.2, 0.25) is 0 Å². The Morgan fingerprint density at radius 1 is 0.839 bits per heavy atom. The predicted molar refractivity (Wildman–Crippen MR) is 323 cm³/mol. The van der Waals surface area contributed by atoms with Crippen molar-refractivity contribution in [1.82, 2.24) is 14.9 Å². The zero-order valence-corrected chi connectivity index (χ0v) is 52.8. The van der Waals surface area contributed by atoms with Gasteiger partial charge in [0.05, 0.1) is 42.8 Å². The molecule has 0 spiro atoms. The Morgan fingerprint density at radius 2 is 1.47 bits per heavy atom. The number of hydrogen-bond acceptors (Lipinski definition) is 25. The summed E-state index contributed by atoms with van der Waals surface area (Å²) in [6.45, 7) is 5.69. The molecule has 1 aromatic heterocycles. The Kier molecular flexibility index (Phi) is 21.3. The zero-order chi connectivity index (χ0) is 67.4. The molecule has 9 rings (SSSR count). The molecule has 3 unspecified atom stereocenters. The number of fused-ring (bicyclic) bond motifs is 5. The first-order valence-corrected chi connectivity index (χ1v) is 32.0. The van der Waals surface area contributed by atoms with Crippen molar-refractivity contribution in [3.8, 4) is 0 Å². The number of aliphatic hydroxyl groups is 4. The summed E-state index contributed by atoms with van der Waals surface area (Å²) in [5.74, 6) is -12.4. The molecule has 2 bridgehead atoms. The molecule has 500 valence electrons. The van der Waals surface area contributed by atoms with Crippen LogP contribution in [0.15, 0.2) is 119 Å². The maximum atomic E-state index is 15.9. The van der Waals surface area contributed by atoms with Crippen LogP contribution < -0.4 is 16.3 Å². The van der Waals surface area contributed by atoms with Gasteiger partial charge in [0.1, 0.15) is 55.1 Å². The molecule has 3 aromatic carbocycles. The standard InChI is InChI=1S/C63H70F2N4O22S2/c1-33-39(29-62(82)52(90-54(78)38-20-14-9-15-21-38)49-60(6,41(73)28-42-61(49,32-85-42)91-35(3)72)51(76)47(86-34(2)71)45(33)59(62,4)5)87-55(79)48(46(36-16-10-7-11-17-36)68-53(77)37-18-12-8-13-19-37)89-44(74)31-83-24-26-92-93-27-25-84-58(81)67-43-22-23-69(57(80)66-43)56-63(64,65)50(75)40(30-70)88-56/h7-23,39-42,46-50,52,56,70,73,75,82H,24-32H2,1-6H3,(H,68,77)(H,66,67,80,81)/t39-,40?,41-,42+,46-,47+,48+,49-,50?,52-,56?,60+,61-,62+/m0/s1. The number of aliphatic hydroxyl groups excluding tert-OH is 3. The molecule has 3 aliphatic carbocycles. The lowest BCUT2D eigenvalue weighted by Gasteiger charge is -2.67. The molecule has 2 saturated heterocycles. The molecule has 26 nitrogen and oxygen atoms in total. The van der Waals surface area contributed by atoms with Gasteiger partial charge in [0, 0.05) is 55.4 Å². The van der Waals surface area contributed by atoms with Gasteiger partial charge in [0.25, 0.3) is 5.91 Å². The number of aromatic nitrogens is 2.